The lowest BCUT2D eigenvalue weighted by molar-refractivity contribution is 0.126. The minimum absolute atomic E-state index is 0.266. The number of nitrogens with zero attached hydrogens (tertiary/aromatic N) is 3. The Hall–Kier alpha value is -1.31. The van der Waals surface area contributed by atoms with Gasteiger partial charge in [0.25, 0.3) is 0 Å². The summed E-state index contributed by atoms with van der Waals surface area (Å²) in [6.45, 7) is 2.87. The van der Waals surface area contributed by atoms with Crippen LogP contribution in [0.1, 0.15) is 5.69 Å². The van der Waals surface area contributed by atoms with E-state index in [0.717, 1.165) is 6.54 Å². The van der Waals surface area contributed by atoms with Gasteiger partial charge in [-0.2, -0.15) is 0 Å². The van der Waals surface area contributed by atoms with Crippen molar-refractivity contribution in [2.45, 2.75) is 0 Å². The third-order valence-corrected chi connectivity index (χ3v) is 2.33. The Morgan fingerprint density at radius 2 is 2.28 bits per heavy atom. The molecule has 0 radical (unpaired) electrons. The van der Waals surface area contributed by atoms with Crippen molar-refractivity contribution in [1.29, 1.82) is 0 Å². The molecule has 0 atom stereocenters. The molecule has 0 saturated heterocycles. The number of hydrogen-bond acceptors (Lipinski definition) is 6. The molecule has 7 heteroatoms. The van der Waals surface area contributed by atoms with Crippen molar-refractivity contribution in [2.75, 3.05) is 45.7 Å². The molecule has 0 amide bonds. The number of nitrogens with two attached hydrogens (primary N) is 1. The number of likely N-dealkylation sites (N-methyl/N-ethyl adjacent to an activating group) is 1. The molecule has 100 valence electrons. The Kier molecular flexibility index (Phi) is 6.48. The van der Waals surface area contributed by atoms with Crippen LogP contribution in [-0.2, 0) is 4.74 Å². The normalized spacial score (nSPS) is 10.6. The molecule has 1 aromatic rings. The molecule has 0 unspecified atom stereocenters. The molecular formula is C11H19N5OS. The maximum absolute atomic E-state index is 5.49. The van der Waals surface area contributed by atoms with E-state index in [4.69, 9.17) is 22.7 Å². The zero-order valence-electron chi connectivity index (χ0n) is 10.7. The summed E-state index contributed by atoms with van der Waals surface area (Å²) in [4.78, 5) is 10.6. The average molecular weight is 269 g/mol. The molecule has 1 rings (SSSR count). The summed E-state index contributed by atoms with van der Waals surface area (Å²) < 4.78 is 5.43. The van der Waals surface area contributed by atoms with Crippen LogP contribution >= 0.6 is 12.2 Å². The van der Waals surface area contributed by atoms with E-state index >= 15 is 0 Å². The molecule has 1 aromatic heterocycles. The fraction of sp³-hybridized carbons (Fsp3) is 0.545. The molecule has 18 heavy (non-hydrogen) atoms. The lowest BCUT2D eigenvalue weighted by Crippen LogP contribution is -2.20. The molecule has 0 fully saturated rings. The van der Waals surface area contributed by atoms with Crippen molar-refractivity contribution < 1.29 is 4.74 Å². The SMILES string of the molecule is CN(C)CCOCCNc1nccc(C(N)=S)n1. The van der Waals surface area contributed by atoms with Crippen LogP contribution in [0.15, 0.2) is 12.3 Å². The number of nitrogens with one attached hydrogen (secondary N) is 1. The minimum Gasteiger partial charge on any atom is -0.388 e. The van der Waals surface area contributed by atoms with Crippen LogP contribution < -0.4 is 11.1 Å². The van der Waals surface area contributed by atoms with Gasteiger partial charge in [0.15, 0.2) is 0 Å². The largest absolute Gasteiger partial charge is 0.388 e. The van der Waals surface area contributed by atoms with Crippen molar-refractivity contribution in [1.82, 2.24) is 14.9 Å². The number of ether oxygens (including phenoxy) is 1. The Bertz CT molecular complexity index is 385. The van der Waals surface area contributed by atoms with Gasteiger partial charge in [0, 0.05) is 19.3 Å². The van der Waals surface area contributed by atoms with E-state index in [1.165, 1.54) is 0 Å². The third kappa shape index (κ3) is 5.85. The first kappa shape index (κ1) is 14.7. The molecule has 6 nitrogen and oxygen atoms in total. The molecule has 0 aromatic carbocycles. The highest BCUT2D eigenvalue weighted by molar-refractivity contribution is 7.80. The Labute approximate surface area is 113 Å². The molecule has 0 saturated carbocycles. The van der Waals surface area contributed by atoms with Gasteiger partial charge in [-0.1, -0.05) is 12.2 Å². The molecule has 1 heterocycles. The zero-order valence-corrected chi connectivity index (χ0v) is 11.5. The highest BCUT2D eigenvalue weighted by Crippen LogP contribution is 1.99. The van der Waals surface area contributed by atoms with Crippen LogP contribution in [0.3, 0.4) is 0 Å². The van der Waals surface area contributed by atoms with E-state index in [9.17, 15) is 0 Å². The summed E-state index contributed by atoms with van der Waals surface area (Å²) in [5.41, 5.74) is 6.06. The Morgan fingerprint density at radius 1 is 1.50 bits per heavy atom. The van der Waals surface area contributed by atoms with Crippen LogP contribution in [0, 0.1) is 0 Å². The molecule has 0 bridgehead atoms. The van der Waals surface area contributed by atoms with Crippen LogP contribution in [0.4, 0.5) is 5.95 Å². The van der Waals surface area contributed by atoms with Crippen molar-refractivity contribution in [3.8, 4) is 0 Å². The van der Waals surface area contributed by atoms with Crippen LogP contribution in [0.25, 0.3) is 0 Å². The summed E-state index contributed by atoms with van der Waals surface area (Å²) in [5.74, 6) is 0.511. The maximum atomic E-state index is 5.49. The van der Waals surface area contributed by atoms with Crippen LogP contribution in [0.2, 0.25) is 0 Å². The van der Waals surface area contributed by atoms with Gasteiger partial charge in [0.2, 0.25) is 5.95 Å². The highest BCUT2D eigenvalue weighted by atomic mass is 32.1. The van der Waals surface area contributed by atoms with Crippen molar-refractivity contribution in [3.63, 3.8) is 0 Å². The number of hydrogen-bond donors (Lipinski definition) is 2. The topological polar surface area (TPSA) is 76.3 Å². The first-order valence-electron chi connectivity index (χ1n) is 5.69. The predicted molar refractivity (Wildman–Crippen MR) is 75.8 cm³/mol. The third-order valence-electron chi connectivity index (χ3n) is 2.12. The van der Waals surface area contributed by atoms with Gasteiger partial charge in [0.05, 0.1) is 13.2 Å². The summed E-state index contributed by atoms with van der Waals surface area (Å²) >= 11 is 4.85. The monoisotopic (exact) mass is 269 g/mol. The van der Waals surface area contributed by atoms with Gasteiger partial charge in [0.1, 0.15) is 10.7 Å². The first-order chi connectivity index (χ1) is 8.59. The standard InChI is InChI=1S/C11H19N5OS/c1-16(2)6-8-17-7-5-14-11-13-4-3-9(15-11)10(12)18/h3-4H,5-8H2,1-2H3,(H2,12,18)(H,13,14,15). The number of rotatable bonds is 8. The maximum Gasteiger partial charge on any atom is 0.223 e. The number of aromatic nitrogens is 2. The molecule has 0 aliphatic carbocycles. The number of thiocarbonyl (C=S) groups is 1. The summed E-state index contributed by atoms with van der Waals surface area (Å²) in [6, 6.07) is 1.68. The average Bonchev–Trinajstić information content (AvgIpc) is 2.33. The second-order valence-electron chi connectivity index (χ2n) is 3.97. The van der Waals surface area contributed by atoms with E-state index < -0.39 is 0 Å². The lowest BCUT2D eigenvalue weighted by Gasteiger charge is -2.10. The van der Waals surface area contributed by atoms with Gasteiger partial charge in [-0.05, 0) is 20.2 Å². The Morgan fingerprint density at radius 3 is 2.94 bits per heavy atom. The molecular weight excluding hydrogens is 250 g/mol. The highest BCUT2D eigenvalue weighted by Gasteiger charge is 2.00. The summed E-state index contributed by atoms with van der Waals surface area (Å²) in [6.07, 6.45) is 1.62. The molecule has 0 aliphatic heterocycles. The van der Waals surface area contributed by atoms with E-state index in [0.29, 0.717) is 31.4 Å². The van der Waals surface area contributed by atoms with Gasteiger partial charge < -0.3 is 20.7 Å². The minimum atomic E-state index is 0.266. The van der Waals surface area contributed by atoms with Crippen molar-refractivity contribution in [3.05, 3.63) is 18.0 Å². The predicted octanol–water partition coefficient (Wildman–Crippen LogP) is 0.101. The molecule has 3 N–H and O–H groups in total. The lowest BCUT2D eigenvalue weighted by atomic mass is 10.4. The van der Waals surface area contributed by atoms with E-state index in [-0.39, 0.29) is 4.99 Å². The van der Waals surface area contributed by atoms with Gasteiger partial charge in [-0.25, -0.2) is 9.97 Å². The summed E-state index contributed by atoms with van der Waals surface area (Å²) in [7, 11) is 4.02. The fourth-order valence-electron chi connectivity index (χ4n) is 1.17. The van der Waals surface area contributed by atoms with Gasteiger partial charge >= 0.3 is 0 Å². The molecule has 0 aliphatic rings. The second kappa shape index (κ2) is 7.91. The van der Waals surface area contributed by atoms with E-state index in [1.807, 2.05) is 14.1 Å². The summed E-state index contributed by atoms with van der Waals surface area (Å²) in [5, 5.41) is 3.05. The number of anilines is 1. The smallest absolute Gasteiger partial charge is 0.223 e. The van der Waals surface area contributed by atoms with Crippen molar-refractivity contribution in [2.24, 2.45) is 5.73 Å². The molecule has 0 spiro atoms. The van der Waals surface area contributed by atoms with E-state index in [2.05, 4.69) is 20.2 Å². The second-order valence-corrected chi connectivity index (χ2v) is 4.41. The van der Waals surface area contributed by atoms with Crippen molar-refractivity contribution >= 4 is 23.2 Å². The zero-order chi connectivity index (χ0) is 13.4. The van der Waals surface area contributed by atoms with E-state index in [1.54, 1.807) is 12.3 Å². The van der Waals surface area contributed by atoms with Crippen LogP contribution in [0.5, 0.6) is 0 Å². The Balaban J connectivity index is 2.23. The van der Waals surface area contributed by atoms with Gasteiger partial charge in [-0.15, -0.1) is 0 Å². The van der Waals surface area contributed by atoms with Crippen LogP contribution in [-0.4, -0.2) is 60.3 Å². The fourth-order valence-corrected chi connectivity index (χ4v) is 1.28. The quantitative estimate of drug-likeness (QED) is 0.512. The first-order valence-corrected chi connectivity index (χ1v) is 6.09. The van der Waals surface area contributed by atoms with Gasteiger partial charge in [-0.3, -0.25) is 0 Å².